The Morgan fingerprint density at radius 1 is 0.935 bits per heavy atom. The summed E-state index contributed by atoms with van der Waals surface area (Å²) in [5.74, 6) is 3.86. The molecule has 2 heterocycles. The Morgan fingerprint density at radius 2 is 1.61 bits per heavy atom. The Labute approximate surface area is 181 Å². The normalized spacial score (nSPS) is 16.6. The highest BCUT2D eigenvalue weighted by Gasteiger charge is 2.30. The van der Waals surface area contributed by atoms with Crippen molar-refractivity contribution in [3.63, 3.8) is 0 Å². The van der Waals surface area contributed by atoms with E-state index in [4.69, 9.17) is 25.2 Å². The smallest absolute Gasteiger partial charge is 0.162 e. The molecule has 1 aliphatic heterocycles. The molecule has 0 unspecified atom stereocenters. The number of anilines is 3. The molecule has 2 aromatic carbocycles. The van der Waals surface area contributed by atoms with E-state index in [0.717, 1.165) is 67.3 Å². The molecule has 1 saturated carbocycles. The van der Waals surface area contributed by atoms with Crippen molar-refractivity contribution >= 4 is 28.1 Å². The molecular weight excluding hydrogens is 394 g/mol. The summed E-state index contributed by atoms with van der Waals surface area (Å²) in [6.07, 6.45) is 2.28. The monoisotopic (exact) mass is 421 g/mol. The van der Waals surface area contributed by atoms with Crippen molar-refractivity contribution < 1.29 is 14.6 Å². The number of benzene rings is 2. The fourth-order valence-electron chi connectivity index (χ4n) is 4.19. The zero-order valence-electron chi connectivity index (χ0n) is 17.8. The van der Waals surface area contributed by atoms with Crippen LogP contribution < -0.4 is 25.0 Å². The first kappa shape index (κ1) is 19.5. The topological polar surface area (TPSA) is 97.0 Å². The van der Waals surface area contributed by atoms with Crippen molar-refractivity contribution in [2.45, 2.75) is 18.8 Å². The number of nitrogens with zero attached hydrogens (tertiary/aromatic N) is 4. The molecular formula is C23H27N5O3. The van der Waals surface area contributed by atoms with Crippen LogP contribution in [0.1, 0.15) is 24.6 Å². The maximum absolute atomic E-state index is 10.3. The van der Waals surface area contributed by atoms with E-state index >= 15 is 0 Å². The van der Waals surface area contributed by atoms with Crippen LogP contribution in [-0.4, -0.2) is 55.5 Å². The van der Waals surface area contributed by atoms with Gasteiger partial charge >= 0.3 is 0 Å². The largest absolute Gasteiger partial charge is 0.506 e. The van der Waals surface area contributed by atoms with E-state index < -0.39 is 0 Å². The molecule has 8 nitrogen and oxygen atoms in total. The van der Waals surface area contributed by atoms with Crippen molar-refractivity contribution in [2.24, 2.45) is 0 Å². The summed E-state index contributed by atoms with van der Waals surface area (Å²) in [5, 5.41) is 11.3. The molecule has 0 atom stereocenters. The summed E-state index contributed by atoms with van der Waals surface area (Å²) in [5.41, 5.74) is 8.02. The van der Waals surface area contributed by atoms with Gasteiger partial charge in [-0.2, -0.15) is 0 Å². The van der Waals surface area contributed by atoms with Crippen molar-refractivity contribution in [1.82, 2.24) is 9.97 Å². The third-order valence-electron chi connectivity index (χ3n) is 6.06. The van der Waals surface area contributed by atoms with Gasteiger partial charge in [-0.3, -0.25) is 0 Å². The van der Waals surface area contributed by atoms with Crippen LogP contribution in [0.25, 0.3) is 10.9 Å². The van der Waals surface area contributed by atoms with E-state index in [1.54, 1.807) is 20.3 Å². The number of phenols is 1. The summed E-state index contributed by atoms with van der Waals surface area (Å²) in [7, 11) is 3.28. The molecule has 3 aromatic rings. The number of aromatic hydroxyl groups is 1. The van der Waals surface area contributed by atoms with Crippen molar-refractivity contribution in [3.8, 4) is 17.2 Å². The molecule has 2 fully saturated rings. The maximum Gasteiger partial charge on any atom is 0.162 e. The molecule has 8 heteroatoms. The number of hydrogen-bond donors (Lipinski definition) is 2. The number of ether oxygens (including phenoxy) is 2. The average Bonchev–Trinajstić information content (AvgIpc) is 3.63. The molecule has 3 N–H and O–H groups in total. The zero-order chi connectivity index (χ0) is 21.5. The lowest BCUT2D eigenvalue weighted by Gasteiger charge is -2.37. The highest BCUT2D eigenvalue weighted by atomic mass is 16.5. The molecule has 0 spiro atoms. The number of phenolic OH excluding ortho intramolecular Hbond substituents is 1. The third kappa shape index (κ3) is 3.62. The Hall–Kier alpha value is -3.42. The second kappa shape index (κ2) is 7.68. The molecule has 2 aliphatic rings. The van der Waals surface area contributed by atoms with Gasteiger partial charge in [0.1, 0.15) is 17.4 Å². The molecule has 0 radical (unpaired) electrons. The lowest BCUT2D eigenvalue weighted by atomic mass is 10.1. The van der Waals surface area contributed by atoms with Gasteiger partial charge in [0, 0.05) is 55.3 Å². The molecule has 31 heavy (non-hydrogen) atoms. The maximum atomic E-state index is 10.3. The van der Waals surface area contributed by atoms with E-state index in [1.807, 2.05) is 24.3 Å². The van der Waals surface area contributed by atoms with Crippen LogP contribution >= 0.6 is 0 Å². The number of piperazine rings is 1. The van der Waals surface area contributed by atoms with Gasteiger partial charge in [-0.25, -0.2) is 9.97 Å². The quantitative estimate of drug-likeness (QED) is 0.607. The first-order valence-electron chi connectivity index (χ1n) is 10.6. The summed E-state index contributed by atoms with van der Waals surface area (Å²) < 4.78 is 11.0. The zero-order valence-corrected chi connectivity index (χ0v) is 17.8. The predicted octanol–water partition coefficient (Wildman–Crippen LogP) is 3.14. The SMILES string of the molecule is COc1cc2nc(C3CC3)nc(N3CCN(c4ccc(N)cc4O)CC3)c2cc1OC. The van der Waals surface area contributed by atoms with Crippen LogP contribution in [0, 0.1) is 0 Å². The summed E-state index contributed by atoms with van der Waals surface area (Å²) in [6.45, 7) is 3.12. The minimum atomic E-state index is 0.216. The molecule has 1 aromatic heterocycles. The van der Waals surface area contributed by atoms with Gasteiger partial charge in [0.25, 0.3) is 0 Å². The Balaban J connectivity index is 1.48. The first-order chi connectivity index (χ1) is 15.1. The number of nitrogens with two attached hydrogens (primary N) is 1. The van der Waals surface area contributed by atoms with Gasteiger partial charge in [0.15, 0.2) is 11.5 Å². The second-order valence-corrected chi connectivity index (χ2v) is 8.13. The second-order valence-electron chi connectivity index (χ2n) is 8.13. The standard InChI is InChI=1S/C23H27N5O3/c1-30-20-12-16-17(13-21(20)31-2)25-22(14-3-4-14)26-23(16)28-9-7-27(8-10-28)18-6-5-15(24)11-19(18)29/h5-6,11-14,29H,3-4,7-10,24H2,1-2H3. The number of methoxy groups -OCH3 is 2. The lowest BCUT2D eigenvalue weighted by Crippen LogP contribution is -2.47. The van der Waals surface area contributed by atoms with Gasteiger partial charge in [-0.15, -0.1) is 0 Å². The highest BCUT2D eigenvalue weighted by molar-refractivity contribution is 5.92. The Kier molecular flexibility index (Phi) is 4.84. The van der Waals surface area contributed by atoms with E-state index in [2.05, 4.69) is 9.80 Å². The highest BCUT2D eigenvalue weighted by Crippen LogP contribution is 2.42. The number of hydrogen-bond acceptors (Lipinski definition) is 8. The van der Waals surface area contributed by atoms with Crippen molar-refractivity contribution in [2.75, 3.05) is 55.9 Å². The summed E-state index contributed by atoms with van der Waals surface area (Å²) in [6, 6.07) is 9.21. The van der Waals surface area contributed by atoms with Gasteiger partial charge < -0.3 is 30.1 Å². The van der Waals surface area contributed by atoms with E-state index in [1.165, 1.54) is 0 Å². The van der Waals surface area contributed by atoms with Gasteiger partial charge in [-0.05, 0) is 31.0 Å². The average molecular weight is 422 g/mol. The van der Waals surface area contributed by atoms with Crippen LogP contribution in [0.2, 0.25) is 0 Å². The van der Waals surface area contributed by atoms with E-state index in [9.17, 15) is 5.11 Å². The fraction of sp³-hybridized carbons (Fsp3) is 0.391. The minimum absolute atomic E-state index is 0.216. The molecule has 0 bridgehead atoms. The number of fused-ring (bicyclic) bond motifs is 1. The number of aromatic nitrogens is 2. The number of nitrogen functional groups attached to an aromatic ring is 1. The van der Waals surface area contributed by atoms with Crippen LogP contribution in [0.4, 0.5) is 17.2 Å². The summed E-state index contributed by atoms with van der Waals surface area (Å²) in [4.78, 5) is 14.3. The molecule has 162 valence electrons. The molecule has 0 amide bonds. The van der Waals surface area contributed by atoms with Crippen LogP contribution in [0.3, 0.4) is 0 Å². The van der Waals surface area contributed by atoms with Crippen LogP contribution in [-0.2, 0) is 0 Å². The Morgan fingerprint density at radius 3 is 2.26 bits per heavy atom. The lowest BCUT2D eigenvalue weighted by molar-refractivity contribution is 0.355. The summed E-state index contributed by atoms with van der Waals surface area (Å²) >= 11 is 0. The third-order valence-corrected chi connectivity index (χ3v) is 6.06. The molecule has 1 aliphatic carbocycles. The van der Waals surface area contributed by atoms with E-state index in [-0.39, 0.29) is 5.75 Å². The van der Waals surface area contributed by atoms with Gasteiger partial charge in [0.2, 0.25) is 0 Å². The van der Waals surface area contributed by atoms with Gasteiger partial charge in [-0.1, -0.05) is 0 Å². The van der Waals surface area contributed by atoms with Crippen molar-refractivity contribution in [3.05, 3.63) is 36.2 Å². The first-order valence-corrected chi connectivity index (χ1v) is 10.6. The minimum Gasteiger partial charge on any atom is -0.506 e. The van der Waals surface area contributed by atoms with Gasteiger partial charge in [0.05, 0.1) is 25.4 Å². The fourth-order valence-corrected chi connectivity index (χ4v) is 4.19. The predicted molar refractivity (Wildman–Crippen MR) is 122 cm³/mol. The van der Waals surface area contributed by atoms with Crippen LogP contribution in [0.15, 0.2) is 30.3 Å². The molecule has 5 rings (SSSR count). The van der Waals surface area contributed by atoms with E-state index in [0.29, 0.717) is 23.1 Å². The van der Waals surface area contributed by atoms with Crippen molar-refractivity contribution in [1.29, 1.82) is 0 Å². The van der Waals surface area contributed by atoms with Crippen LogP contribution in [0.5, 0.6) is 17.2 Å². The molecule has 1 saturated heterocycles. The number of rotatable bonds is 5. The Bertz CT molecular complexity index is 1120.